The summed E-state index contributed by atoms with van der Waals surface area (Å²) in [5, 5.41) is 7.73. The third-order valence-electron chi connectivity index (χ3n) is 5.33. The predicted octanol–water partition coefficient (Wildman–Crippen LogP) is 3.01. The molecule has 1 aliphatic rings. The average molecular weight is 402 g/mol. The van der Waals surface area contributed by atoms with Crippen molar-refractivity contribution in [3.63, 3.8) is 0 Å². The number of pyridine rings is 1. The summed E-state index contributed by atoms with van der Waals surface area (Å²) in [7, 11) is 0. The largest absolute Gasteiger partial charge is 0.347 e. The molecule has 1 unspecified atom stereocenters. The molecule has 1 N–H and O–H groups in total. The van der Waals surface area contributed by atoms with E-state index in [-0.39, 0.29) is 23.8 Å². The molecule has 1 fully saturated rings. The fourth-order valence-electron chi connectivity index (χ4n) is 3.95. The van der Waals surface area contributed by atoms with Crippen molar-refractivity contribution in [2.24, 2.45) is 0 Å². The number of imidazole rings is 1. The maximum atomic E-state index is 13.9. The molecule has 0 spiro atoms. The molecule has 1 amide bonds. The van der Waals surface area contributed by atoms with Crippen LogP contribution in [0.3, 0.4) is 0 Å². The van der Waals surface area contributed by atoms with Gasteiger partial charge >= 0.3 is 0 Å². The van der Waals surface area contributed by atoms with E-state index in [4.69, 9.17) is 0 Å². The second kappa shape index (κ2) is 7.55. The SMILES string of the molecule is O=C(NC1C[C@H](c2cccc(F)c2)N(c2ccc3nccn3n2)C1)c1cccnc1. The molecule has 2 atom stereocenters. The average Bonchev–Trinajstić information content (AvgIpc) is 3.40. The zero-order chi connectivity index (χ0) is 20.5. The van der Waals surface area contributed by atoms with Gasteiger partial charge < -0.3 is 10.2 Å². The number of rotatable bonds is 4. The number of anilines is 1. The molecule has 5 rings (SSSR count). The van der Waals surface area contributed by atoms with Crippen LogP contribution < -0.4 is 10.2 Å². The Balaban J connectivity index is 1.45. The topological polar surface area (TPSA) is 75.4 Å². The van der Waals surface area contributed by atoms with Gasteiger partial charge in [-0.1, -0.05) is 12.1 Å². The maximum Gasteiger partial charge on any atom is 0.253 e. The number of hydrogen-bond acceptors (Lipinski definition) is 5. The van der Waals surface area contributed by atoms with Crippen LogP contribution in [0.4, 0.5) is 10.2 Å². The highest BCUT2D eigenvalue weighted by atomic mass is 19.1. The van der Waals surface area contributed by atoms with Crippen molar-refractivity contribution < 1.29 is 9.18 Å². The number of aromatic nitrogens is 4. The van der Waals surface area contributed by atoms with E-state index in [1.165, 1.54) is 6.07 Å². The van der Waals surface area contributed by atoms with Gasteiger partial charge in [-0.15, -0.1) is 5.10 Å². The van der Waals surface area contributed by atoms with Gasteiger partial charge in [-0.25, -0.2) is 13.9 Å². The lowest BCUT2D eigenvalue weighted by Crippen LogP contribution is -2.37. The first-order valence-electron chi connectivity index (χ1n) is 9.71. The second-order valence-electron chi connectivity index (χ2n) is 7.29. The van der Waals surface area contributed by atoms with E-state index in [2.05, 4.69) is 25.3 Å². The standard InChI is InChI=1S/C22H19FN6O/c23-17-5-1-3-15(11-17)19-12-18(26-22(30)16-4-2-8-24-13-16)14-28(19)21-7-6-20-25-9-10-29(20)27-21/h1-11,13,18-19H,12,14H2,(H,26,30)/t18?,19-/m1/s1. The minimum Gasteiger partial charge on any atom is -0.347 e. The molecule has 150 valence electrons. The number of halogens is 1. The molecule has 4 aromatic rings. The summed E-state index contributed by atoms with van der Waals surface area (Å²) in [6.07, 6.45) is 7.29. The molecule has 0 saturated carbocycles. The van der Waals surface area contributed by atoms with Gasteiger partial charge in [-0.05, 0) is 48.4 Å². The molecular formula is C22H19FN6O. The van der Waals surface area contributed by atoms with E-state index in [0.29, 0.717) is 18.5 Å². The van der Waals surface area contributed by atoms with Crippen molar-refractivity contribution in [2.45, 2.75) is 18.5 Å². The summed E-state index contributed by atoms with van der Waals surface area (Å²) in [6.45, 7) is 0.556. The van der Waals surface area contributed by atoms with E-state index >= 15 is 0 Å². The van der Waals surface area contributed by atoms with Gasteiger partial charge in [0.2, 0.25) is 0 Å². The predicted molar refractivity (Wildman–Crippen MR) is 110 cm³/mol. The number of fused-ring (bicyclic) bond motifs is 1. The van der Waals surface area contributed by atoms with Crippen LogP contribution in [-0.2, 0) is 0 Å². The number of carbonyl (C=O) groups excluding carboxylic acids is 1. The normalized spacial score (nSPS) is 18.6. The first kappa shape index (κ1) is 18.2. The minimum atomic E-state index is -0.284. The highest BCUT2D eigenvalue weighted by Gasteiger charge is 2.35. The minimum absolute atomic E-state index is 0.117. The monoisotopic (exact) mass is 402 g/mol. The van der Waals surface area contributed by atoms with Crippen LogP contribution in [0.25, 0.3) is 5.65 Å². The van der Waals surface area contributed by atoms with E-state index in [1.54, 1.807) is 53.6 Å². The van der Waals surface area contributed by atoms with Gasteiger partial charge in [0.25, 0.3) is 5.91 Å². The highest BCUT2D eigenvalue weighted by Crippen LogP contribution is 2.35. The van der Waals surface area contributed by atoms with E-state index in [9.17, 15) is 9.18 Å². The molecule has 1 saturated heterocycles. The zero-order valence-electron chi connectivity index (χ0n) is 16.0. The molecule has 1 aromatic carbocycles. The van der Waals surface area contributed by atoms with Crippen LogP contribution in [-0.4, -0.2) is 38.1 Å². The first-order valence-corrected chi connectivity index (χ1v) is 9.71. The molecule has 0 radical (unpaired) electrons. The van der Waals surface area contributed by atoms with Crippen molar-refractivity contribution in [3.8, 4) is 0 Å². The second-order valence-corrected chi connectivity index (χ2v) is 7.29. The van der Waals surface area contributed by atoms with Crippen molar-refractivity contribution >= 4 is 17.4 Å². The third kappa shape index (κ3) is 3.47. The summed E-state index contributed by atoms with van der Waals surface area (Å²) in [6, 6.07) is 13.6. The lowest BCUT2D eigenvalue weighted by atomic mass is 10.0. The van der Waals surface area contributed by atoms with E-state index in [1.807, 2.05) is 18.2 Å². The molecular weight excluding hydrogens is 383 g/mol. The molecule has 3 aromatic heterocycles. The van der Waals surface area contributed by atoms with Crippen molar-refractivity contribution in [1.82, 2.24) is 24.9 Å². The number of nitrogens with one attached hydrogen (secondary N) is 1. The van der Waals surface area contributed by atoms with Crippen LogP contribution in [0.1, 0.15) is 28.4 Å². The summed E-state index contributed by atoms with van der Waals surface area (Å²) < 4.78 is 15.6. The number of hydrogen-bond donors (Lipinski definition) is 1. The number of nitrogens with zero attached hydrogens (tertiary/aromatic N) is 5. The summed E-state index contributed by atoms with van der Waals surface area (Å²) in [4.78, 5) is 23.0. The van der Waals surface area contributed by atoms with Gasteiger partial charge in [-0.2, -0.15) is 0 Å². The fourth-order valence-corrected chi connectivity index (χ4v) is 3.95. The number of amides is 1. The van der Waals surface area contributed by atoms with Crippen LogP contribution in [0.5, 0.6) is 0 Å². The van der Waals surface area contributed by atoms with Crippen LogP contribution in [0.2, 0.25) is 0 Å². The molecule has 1 aliphatic heterocycles. The van der Waals surface area contributed by atoms with Crippen LogP contribution in [0, 0.1) is 5.82 Å². The van der Waals surface area contributed by atoms with Crippen molar-refractivity contribution in [1.29, 1.82) is 0 Å². The van der Waals surface area contributed by atoms with Crippen molar-refractivity contribution in [2.75, 3.05) is 11.4 Å². The maximum absolute atomic E-state index is 13.9. The third-order valence-corrected chi connectivity index (χ3v) is 5.33. The molecule has 7 nitrogen and oxygen atoms in total. The number of benzene rings is 1. The Morgan fingerprint density at radius 3 is 2.90 bits per heavy atom. The Bertz CT molecular complexity index is 1190. The number of carbonyl (C=O) groups is 1. The fraction of sp³-hybridized carbons (Fsp3) is 0.182. The molecule has 8 heteroatoms. The summed E-state index contributed by atoms with van der Waals surface area (Å²) in [5.41, 5.74) is 2.11. The smallest absolute Gasteiger partial charge is 0.253 e. The lowest BCUT2D eigenvalue weighted by Gasteiger charge is -2.25. The summed E-state index contributed by atoms with van der Waals surface area (Å²) >= 11 is 0. The quantitative estimate of drug-likeness (QED) is 0.568. The Hall–Kier alpha value is -3.81. The Morgan fingerprint density at radius 2 is 2.07 bits per heavy atom. The molecule has 0 bridgehead atoms. The van der Waals surface area contributed by atoms with Gasteiger partial charge in [0.15, 0.2) is 5.65 Å². The molecule has 4 heterocycles. The summed E-state index contributed by atoms with van der Waals surface area (Å²) in [5.74, 6) is 0.284. The van der Waals surface area contributed by atoms with E-state index in [0.717, 1.165) is 17.0 Å². The Labute approximate surface area is 172 Å². The van der Waals surface area contributed by atoms with Crippen molar-refractivity contribution in [3.05, 3.63) is 90.3 Å². The first-order chi connectivity index (χ1) is 14.7. The molecule has 30 heavy (non-hydrogen) atoms. The van der Waals surface area contributed by atoms with Gasteiger partial charge in [0.1, 0.15) is 11.6 Å². The van der Waals surface area contributed by atoms with E-state index < -0.39 is 0 Å². The van der Waals surface area contributed by atoms with Gasteiger partial charge in [-0.3, -0.25) is 9.78 Å². The Morgan fingerprint density at radius 1 is 1.13 bits per heavy atom. The van der Waals surface area contributed by atoms with Crippen LogP contribution in [0.15, 0.2) is 73.3 Å². The molecule has 0 aliphatic carbocycles. The Kier molecular flexibility index (Phi) is 4.59. The highest BCUT2D eigenvalue weighted by molar-refractivity contribution is 5.94. The van der Waals surface area contributed by atoms with Crippen LogP contribution >= 0.6 is 0 Å². The lowest BCUT2D eigenvalue weighted by molar-refractivity contribution is 0.0939. The zero-order valence-corrected chi connectivity index (χ0v) is 16.0. The van der Waals surface area contributed by atoms with Gasteiger partial charge in [0, 0.05) is 37.4 Å². The van der Waals surface area contributed by atoms with Gasteiger partial charge in [0.05, 0.1) is 11.6 Å².